The summed E-state index contributed by atoms with van der Waals surface area (Å²) in [5.74, 6) is 0.0120. The van der Waals surface area contributed by atoms with E-state index in [-0.39, 0.29) is 11.7 Å². The van der Waals surface area contributed by atoms with E-state index < -0.39 is 12.0 Å². The minimum Gasteiger partial charge on any atom is -0.496 e. The summed E-state index contributed by atoms with van der Waals surface area (Å²) >= 11 is 4.89. The first-order valence-electron chi connectivity index (χ1n) is 16.6. The van der Waals surface area contributed by atoms with Crippen LogP contribution in [0.25, 0.3) is 34.3 Å². The van der Waals surface area contributed by atoms with E-state index in [1.165, 1.54) is 16.9 Å². The molecule has 0 spiro atoms. The summed E-state index contributed by atoms with van der Waals surface area (Å²) in [5.41, 5.74) is 8.19. The number of aromatic nitrogens is 2. The van der Waals surface area contributed by atoms with Crippen molar-refractivity contribution in [2.45, 2.75) is 39.8 Å². The van der Waals surface area contributed by atoms with Gasteiger partial charge in [0, 0.05) is 21.3 Å². The molecule has 1 atom stereocenters. The molecule has 6 aromatic rings. The average molecular weight is 759 g/mol. The van der Waals surface area contributed by atoms with Crippen LogP contribution >= 0.6 is 27.3 Å². The van der Waals surface area contributed by atoms with Crippen molar-refractivity contribution in [3.8, 4) is 34.0 Å². The van der Waals surface area contributed by atoms with Gasteiger partial charge in [-0.25, -0.2) is 9.79 Å². The van der Waals surface area contributed by atoms with Gasteiger partial charge in [0.2, 0.25) is 0 Å². The second kappa shape index (κ2) is 14.2. The second-order valence-electron chi connectivity index (χ2n) is 12.7. The SMILES string of the molecule is COc1ccc(Br)cc1[C@@H]1C(C(=O)OC(C)C)=C(C)N=c2s/c(=C\c3cc(-c4ccccc4)n(-c4ccc(C)cc4)c3-c3ccccc3)c(=O)n21. The van der Waals surface area contributed by atoms with E-state index in [4.69, 9.17) is 14.5 Å². The number of fused-ring (bicyclic) bond motifs is 1. The largest absolute Gasteiger partial charge is 0.496 e. The van der Waals surface area contributed by atoms with Gasteiger partial charge in [0.05, 0.1) is 40.4 Å². The lowest BCUT2D eigenvalue weighted by atomic mass is 9.95. The first-order valence-corrected chi connectivity index (χ1v) is 18.3. The van der Waals surface area contributed by atoms with Gasteiger partial charge >= 0.3 is 5.97 Å². The van der Waals surface area contributed by atoms with E-state index in [0.717, 1.165) is 38.2 Å². The Bertz CT molecular complexity index is 2480. The lowest BCUT2D eigenvalue weighted by Gasteiger charge is -2.26. The first-order chi connectivity index (χ1) is 24.6. The van der Waals surface area contributed by atoms with Crippen LogP contribution in [0, 0.1) is 6.92 Å². The number of carbonyl (C=O) groups is 1. The summed E-state index contributed by atoms with van der Waals surface area (Å²) in [7, 11) is 1.58. The summed E-state index contributed by atoms with van der Waals surface area (Å²) in [6.07, 6.45) is 1.59. The molecule has 4 aromatic carbocycles. The summed E-state index contributed by atoms with van der Waals surface area (Å²) in [5, 5.41) is 0. The van der Waals surface area contributed by atoms with Gasteiger partial charge in [-0.2, -0.15) is 0 Å². The van der Waals surface area contributed by atoms with E-state index in [1.54, 1.807) is 32.4 Å². The highest BCUT2D eigenvalue weighted by atomic mass is 79.9. The molecule has 0 N–H and O–H groups in total. The minimum atomic E-state index is -0.826. The van der Waals surface area contributed by atoms with Crippen LogP contribution in [0.4, 0.5) is 0 Å². The molecular weight excluding hydrogens is 722 g/mol. The minimum absolute atomic E-state index is 0.267. The van der Waals surface area contributed by atoms with Gasteiger partial charge in [0.1, 0.15) is 11.8 Å². The van der Waals surface area contributed by atoms with Crippen molar-refractivity contribution < 1.29 is 14.3 Å². The Morgan fingerprint density at radius 1 is 0.902 bits per heavy atom. The molecule has 7 nitrogen and oxygen atoms in total. The standard InChI is InChI=1S/C42H36BrN3O4S/c1-25(2)50-41(48)37-27(4)44-42-46(39(37)33-24-31(43)18-21-35(33)49-5)40(47)36(51-42)23-30-22-34(28-12-8-6-9-13-28)45(32-19-16-26(3)17-20-32)38(30)29-14-10-7-11-15-29/h6-25,39H,1-5H3/b36-23-/t39-/m1/s1. The Morgan fingerprint density at radius 3 is 2.22 bits per heavy atom. The lowest BCUT2D eigenvalue weighted by molar-refractivity contribution is -0.143. The van der Waals surface area contributed by atoms with Crippen LogP contribution in [-0.2, 0) is 9.53 Å². The Labute approximate surface area is 308 Å². The number of halogens is 1. The van der Waals surface area contributed by atoms with Crippen LogP contribution in [0.15, 0.2) is 135 Å². The molecule has 0 saturated carbocycles. The van der Waals surface area contributed by atoms with Crippen molar-refractivity contribution in [1.82, 2.24) is 9.13 Å². The zero-order chi connectivity index (χ0) is 35.8. The molecule has 3 heterocycles. The summed E-state index contributed by atoms with van der Waals surface area (Å²) in [4.78, 5) is 33.8. The number of allylic oxidation sites excluding steroid dienone is 1. The molecule has 256 valence electrons. The molecule has 51 heavy (non-hydrogen) atoms. The zero-order valence-electron chi connectivity index (χ0n) is 28.9. The van der Waals surface area contributed by atoms with Gasteiger partial charge in [-0.15, -0.1) is 0 Å². The third kappa shape index (κ3) is 6.55. The van der Waals surface area contributed by atoms with Crippen molar-refractivity contribution >= 4 is 39.3 Å². The molecule has 2 aromatic heterocycles. The third-order valence-corrected chi connectivity index (χ3v) is 10.3. The molecule has 1 aliphatic rings. The topological polar surface area (TPSA) is 74.8 Å². The Kier molecular flexibility index (Phi) is 9.50. The van der Waals surface area contributed by atoms with Crippen LogP contribution in [0.5, 0.6) is 5.75 Å². The first kappa shape index (κ1) is 34.2. The van der Waals surface area contributed by atoms with Crippen LogP contribution in [-0.4, -0.2) is 28.3 Å². The molecule has 7 rings (SSSR count). The van der Waals surface area contributed by atoms with Gasteiger partial charge in [-0.05, 0) is 81.3 Å². The van der Waals surface area contributed by atoms with Gasteiger partial charge in [-0.1, -0.05) is 106 Å². The lowest BCUT2D eigenvalue weighted by Crippen LogP contribution is -2.40. The highest BCUT2D eigenvalue weighted by molar-refractivity contribution is 9.10. The second-order valence-corrected chi connectivity index (χ2v) is 14.6. The highest BCUT2D eigenvalue weighted by Crippen LogP contribution is 2.39. The van der Waals surface area contributed by atoms with Crippen LogP contribution in [0.1, 0.15) is 43.5 Å². The van der Waals surface area contributed by atoms with Crippen LogP contribution < -0.4 is 19.6 Å². The quantitative estimate of drug-likeness (QED) is 0.146. The van der Waals surface area contributed by atoms with Gasteiger partial charge in [0.25, 0.3) is 5.56 Å². The van der Waals surface area contributed by atoms with E-state index in [2.05, 4.69) is 82.0 Å². The number of methoxy groups -OCH3 is 1. The number of rotatable bonds is 8. The molecule has 0 saturated heterocycles. The number of benzene rings is 4. The van der Waals surface area contributed by atoms with Crippen molar-refractivity contribution in [3.05, 3.63) is 161 Å². The fraction of sp³-hybridized carbons (Fsp3) is 0.167. The van der Waals surface area contributed by atoms with Crippen molar-refractivity contribution in [1.29, 1.82) is 0 Å². The monoisotopic (exact) mass is 757 g/mol. The number of hydrogen-bond donors (Lipinski definition) is 0. The van der Waals surface area contributed by atoms with E-state index in [9.17, 15) is 9.59 Å². The number of ether oxygens (including phenoxy) is 2. The summed E-state index contributed by atoms with van der Waals surface area (Å²) < 4.78 is 16.6. The number of hydrogen-bond acceptors (Lipinski definition) is 6. The van der Waals surface area contributed by atoms with Crippen LogP contribution in [0.2, 0.25) is 0 Å². The Balaban J connectivity index is 1.52. The van der Waals surface area contributed by atoms with E-state index in [0.29, 0.717) is 31.9 Å². The Hall–Kier alpha value is -5.25. The molecule has 0 fully saturated rings. The maximum absolute atomic E-state index is 14.7. The van der Waals surface area contributed by atoms with E-state index in [1.807, 2.05) is 60.7 Å². The van der Waals surface area contributed by atoms with Crippen LogP contribution in [0.3, 0.4) is 0 Å². The smallest absolute Gasteiger partial charge is 0.338 e. The molecular formula is C42H36BrN3O4S. The summed E-state index contributed by atoms with van der Waals surface area (Å²) in [6, 6.07) is 35.8. The van der Waals surface area contributed by atoms with Crippen molar-refractivity contribution in [2.75, 3.05) is 7.11 Å². The predicted octanol–water partition coefficient (Wildman–Crippen LogP) is 8.39. The summed E-state index contributed by atoms with van der Waals surface area (Å²) in [6.45, 7) is 7.46. The van der Waals surface area contributed by atoms with Crippen molar-refractivity contribution in [2.24, 2.45) is 4.99 Å². The zero-order valence-corrected chi connectivity index (χ0v) is 31.3. The predicted molar refractivity (Wildman–Crippen MR) is 207 cm³/mol. The third-order valence-electron chi connectivity index (χ3n) is 8.80. The maximum atomic E-state index is 14.7. The molecule has 0 amide bonds. The molecule has 0 bridgehead atoms. The number of carbonyl (C=O) groups excluding carboxylic acids is 1. The van der Waals surface area contributed by atoms with E-state index >= 15 is 0 Å². The maximum Gasteiger partial charge on any atom is 0.338 e. The molecule has 0 radical (unpaired) electrons. The number of nitrogens with zero attached hydrogens (tertiary/aromatic N) is 3. The average Bonchev–Trinajstić information content (AvgIpc) is 3.65. The normalized spacial score (nSPS) is 14.4. The molecule has 0 aliphatic carbocycles. The number of aryl methyl sites for hydroxylation is 1. The molecule has 1 aliphatic heterocycles. The fourth-order valence-corrected chi connectivity index (χ4v) is 7.95. The molecule has 9 heteroatoms. The van der Waals surface area contributed by atoms with Gasteiger partial charge in [-0.3, -0.25) is 9.36 Å². The van der Waals surface area contributed by atoms with Crippen molar-refractivity contribution in [3.63, 3.8) is 0 Å². The fourth-order valence-electron chi connectivity index (χ4n) is 6.53. The van der Waals surface area contributed by atoms with Gasteiger partial charge < -0.3 is 14.0 Å². The van der Waals surface area contributed by atoms with Gasteiger partial charge in [0.15, 0.2) is 4.80 Å². The molecule has 0 unspecified atom stereocenters. The number of esters is 1. The highest BCUT2D eigenvalue weighted by Gasteiger charge is 2.36. The Morgan fingerprint density at radius 2 is 1.57 bits per heavy atom. The number of thiazole rings is 1.